The first-order valence-corrected chi connectivity index (χ1v) is 3.99. The van der Waals surface area contributed by atoms with Gasteiger partial charge in [0, 0.05) is 5.56 Å². The van der Waals surface area contributed by atoms with E-state index in [0.717, 1.165) is 12.1 Å². The molecule has 0 aliphatic heterocycles. The molecule has 1 aromatic carbocycles. The smallest absolute Gasteiger partial charge is 0.164 e. The quantitative estimate of drug-likeness (QED) is 0.723. The molecule has 0 heterocycles. The zero-order valence-corrected chi connectivity index (χ0v) is 6.99. The van der Waals surface area contributed by atoms with Crippen molar-refractivity contribution in [2.24, 2.45) is 5.73 Å². The van der Waals surface area contributed by atoms with Crippen molar-refractivity contribution in [3.8, 4) is 0 Å². The Morgan fingerprint density at radius 3 is 2.31 bits per heavy atom. The van der Waals surface area contributed by atoms with Gasteiger partial charge in [-0.1, -0.05) is 0 Å². The van der Waals surface area contributed by atoms with Gasteiger partial charge in [-0.2, -0.15) is 0 Å². The molecule has 0 fully saturated rings. The normalized spacial score (nSPS) is 10.5. The van der Waals surface area contributed by atoms with Gasteiger partial charge in [0.1, 0.15) is 5.82 Å². The maximum atomic E-state index is 12.9. The number of hydrogen-bond acceptors (Lipinski definition) is 1. The minimum atomic E-state index is -1.10. The van der Waals surface area contributed by atoms with Crippen molar-refractivity contribution in [1.82, 2.24) is 0 Å². The molecule has 2 N–H and O–H groups in total. The zero-order valence-electron chi connectivity index (χ0n) is 6.99. The number of halogens is 3. The maximum Gasteiger partial charge on any atom is 0.164 e. The highest BCUT2D eigenvalue weighted by atomic mass is 19.2. The van der Waals surface area contributed by atoms with E-state index in [-0.39, 0.29) is 12.0 Å². The van der Waals surface area contributed by atoms with Gasteiger partial charge in [-0.05, 0) is 31.5 Å². The van der Waals surface area contributed by atoms with Crippen LogP contribution in [0.15, 0.2) is 12.1 Å². The van der Waals surface area contributed by atoms with Gasteiger partial charge in [0.2, 0.25) is 0 Å². The summed E-state index contributed by atoms with van der Waals surface area (Å²) in [6.07, 6.45) is 0.573. The number of benzene rings is 1. The molecule has 0 amide bonds. The summed E-state index contributed by atoms with van der Waals surface area (Å²) in [7, 11) is 0. The summed E-state index contributed by atoms with van der Waals surface area (Å²) in [5.74, 6) is -2.84. The molecule has 0 atom stereocenters. The van der Waals surface area contributed by atoms with Gasteiger partial charge < -0.3 is 5.73 Å². The Morgan fingerprint density at radius 1 is 1.08 bits per heavy atom. The highest BCUT2D eigenvalue weighted by Gasteiger charge is 2.12. The molecule has 0 aliphatic rings. The second-order valence-electron chi connectivity index (χ2n) is 2.71. The summed E-state index contributed by atoms with van der Waals surface area (Å²) in [5, 5.41) is 0. The van der Waals surface area contributed by atoms with Crippen molar-refractivity contribution in [2.75, 3.05) is 6.54 Å². The number of hydrogen-bond donors (Lipinski definition) is 1. The molecule has 0 bridgehead atoms. The van der Waals surface area contributed by atoms with Gasteiger partial charge in [0.25, 0.3) is 0 Å². The molecular formula is C9H10F3N. The lowest BCUT2D eigenvalue weighted by atomic mass is 10.1. The van der Waals surface area contributed by atoms with E-state index in [4.69, 9.17) is 5.73 Å². The van der Waals surface area contributed by atoms with E-state index < -0.39 is 17.5 Å². The van der Waals surface area contributed by atoms with E-state index in [1.807, 2.05) is 0 Å². The first kappa shape index (κ1) is 10.1. The third kappa shape index (κ3) is 2.21. The average Bonchev–Trinajstić information content (AvgIpc) is 2.12. The van der Waals surface area contributed by atoms with Crippen LogP contribution in [-0.4, -0.2) is 6.54 Å². The summed E-state index contributed by atoms with van der Waals surface area (Å²) in [6.45, 7) is 0.329. The second kappa shape index (κ2) is 4.28. The molecule has 0 saturated carbocycles. The van der Waals surface area contributed by atoms with Crippen LogP contribution in [0.5, 0.6) is 0 Å². The largest absolute Gasteiger partial charge is 0.330 e. The van der Waals surface area contributed by atoms with E-state index in [2.05, 4.69) is 0 Å². The predicted octanol–water partition coefficient (Wildman–Crippen LogP) is 2.00. The third-order valence-corrected chi connectivity index (χ3v) is 1.77. The summed E-state index contributed by atoms with van der Waals surface area (Å²) in [6, 6.07) is 1.70. The van der Waals surface area contributed by atoms with Crippen LogP contribution in [0.25, 0.3) is 0 Å². The molecule has 1 rings (SSSR count). The molecule has 0 unspecified atom stereocenters. The SMILES string of the molecule is NCCCc1c(F)ccc(F)c1F. The van der Waals surface area contributed by atoms with E-state index in [1.165, 1.54) is 0 Å². The Hall–Kier alpha value is -1.03. The van der Waals surface area contributed by atoms with E-state index in [1.54, 1.807) is 0 Å². The molecule has 0 aliphatic carbocycles. The molecular weight excluding hydrogens is 179 g/mol. The van der Waals surface area contributed by atoms with Crippen molar-refractivity contribution >= 4 is 0 Å². The lowest BCUT2D eigenvalue weighted by molar-refractivity contribution is 0.477. The highest BCUT2D eigenvalue weighted by Crippen LogP contribution is 2.16. The van der Waals surface area contributed by atoms with Crippen molar-refractivity contribution in [2.45, 2.75) is 12.8 Å². The van der Waals surface area contributed by atoms with Crippen LogP contribution in [0.1, 0.15) is 12.0 Å². The summed E-state index contributed by atoms with van der Waals surface area (Å²) >= 11 is 0. The van der Waals surface area contributed by atoms with E-state index in [0.29, 0.717) is 13.0 Å². The first-order valence-electron chi connectivity index (χ1n) is 3.99. The predicted molar refractivity (Wildman–Crippen MR) is 43.7 cm³/mol. The Kier molecular flexibility index (Phi) is 3.31. The van der Waals surface area contributed by atoms with Crippen LogP contribution >= 0.6 is 0 Å². The van der Waals surface area contributed by atoms with Crippen LogP contribution < -0.4 is 5.73 Å². The Labute approximate surface area is 74.4 Å². The fourth-order valence-corrected chi connectivity index (χ4v) is 1.08. The summed E-state index contributed by atoms with van der Waals surface area (Å²) in [5.41, 5.74) is 4.96. The average molecular weight is 189 g/mol. The molecule has 0 aromatic heterocycles. The van der Waals surface area contributed by atoms with Crippen molar-refractivity contribution in [1.29, 1.82) is 0 Å². The number of nitrogens with two attached hydrogens (primary N) is 1. The van der Waals surface area contributed by atoms with Gasteiger partial charge in [-0.15, -0.1) is 0 Å². The lowest BCUT2D eigenvalue weighted by Gasteiger charge is -2.03. The molecule has 72 valence electrons. The molecule has 4 heteroatoms. The standard InChI is InChI=1S/C9H10F3N/c10-7-3-4-8(11)9(12)6(7)2-1-5-13/h3-4H,1-2,5,13H2. The summed E-state index contributed by atoms with van der Waals surface area (Å²) < 4.78 is 38.4. The fraction of sp³-hybridized carbons (Fsp3) is 0.333. The van der Waals surface area contributed by atoms with Crippen molar-refractivity contribution < 1.29 is 13.2 Å². The Bertz CT molecular complexity index is 299. The Balaban J connectivity index is 2.96. The first-order chi connectivity index (χ1) is 6.16. The lowest BCUT2D eigenvalue weighted by Crippen LogP contribution is -2.04. The molecule has 1 nitrogen and oxygen atoms in total. The van der Waals surface area contributed by atoms with E-state index in [9.17, 15) is 13.2 Å². The molecule has 1 aromatic rings. The topological polar surface area (TPSA) is 26.0 Å². The second-order valence-corrected chi connectivity index (χ2v) is 2.71. The number of rotatable bonds is 3. The Morgan fingerprint density at radius 2 is 1.69 bits per heavy atom. The highest BCUT2D eigenvalue weighted by molar-refractivity contribution is 5.21. The van der Waals surface area contributed by atoms with Crippen LogP contribution in [-0.2, 0) is 6.42 Å². The summed E-state index contributed by atoms with van der Waals surface area (Å²) in [4.78, 5) is 0. The molecule has 0 saturated heterocycles. The van der Waals surface area contributed by atoms with Crippen LogP contribution in [0.3, 0.4) is 0 Å². The van der Waals surface area contributed by atoms with Crippen LogP contribution in [0, 0.1) is 17.5 Å². The van der Waals surface area contributed by atoms with Crippen LogP contribution in [0.2, 0.25) is 0 Å². The zero-order chi connectivity index (χ0) is 9.84. The third-order valence-electron chi connectivity index (χ3n) is 1.77. The van der Waals surface area contributed by atoms with E-state index >= 15 is 0 Å². The molecule has 0 spiro atoms. The van der Waals surface area contributed by atoms with Crippen molar-refractivity contribution in [3.63, 3.8) is 0 Å². The molecule has 0 radical (unpaired) electrons. The minimum Gasteiger partial charge on any atom is -0.330 e. The van der Waals surface area contributed by atoms with Gasteiger partial charge in [0.05, 0.1) is 0 Å². The van der Waals surface area contributed by atoms with Gasteiger partial charge >= 0.3 is 0 Å². The maximum absolute atomic E-state index is 12.9. The monoisotopic (exact) mass is 189 g/mol. The van der Waals surface area contributed by atoms with Crippen LogP contribution in [0.4, 0.5) is 13.2 Å². The van der Waals surface area contributed by atoms with Gasteiger partial charge in [0.15, 0.2) is 11.6 Å². The minimum absolute atomic E-state index is 0.131. The van der Waals surface area contributed by atoms with Gasteiger partial charge in [-0.25, -0.2) is 13.2 Å². The van der Waals surface area contributed by atoms with Gasteiger partial charge in [-0.3, -0.25) is 0 Å². The molecule has 13 heavy (non-hydrogen) atoms. The fourth-order valence-electron chi connectivity index (χ4n) is 1.08. The van der Waals surface area contributed by atoms with Crippen molar-refractivity contribution in [3.05, 3.63) is 35.1 Å².